The van der Waals surface area contributed by atoms with E-state index in [1.54, 1.807) is 0 Å². The Labute approximate surface area is 195 Å². The number of oxazole rings is 1. The Morgan fingerprint density at radius 3 is 2.64 bits per heavy atom. The molecule has 2 aliphatic carbocycles. The van der Waals surface area contributed by atoms with Crippen LogP contribution in [0.4, 0.5) is 17.8 Å². The van der Waals surface area contributed by atoms with Gasteiger partial charge in [0.25, 0.3) is 0 Å². The summed E-state index contributed by atoms with van der Waals surface area (Å²) in [6, 6.07) is 0.365. The number of aryl methyl sites for hydroxylation is 1. The van der Waals surface area contributed by atoms with E-state index in [1.165, 1.54) is 32.1 Å². The highest BCUT2D eigenvalue weighted by atomic mass is 16.4. The smallest absolute Gasteiger partial charge is 0.300 e. The van der Waals surface area contributed by atoms with Crippen LogP contribution >= 0.6 is 0 Å². The lowest BCUT2D eigenvalue weighted by Gasteiger charge is -2.32. The molecule has 1 atom stereocenters. The summed E-state index contributed by atoms with van der Waals surface area (Å²) in [5.74, 6) is 3.19. The molecule has 0 radical (unpaired) electrons. The summed E-state index contributed by atoms with van der Waals surface area (Å²) >= 11 is 0. The van der Waals surface area contributed by atoms with Gasteiger partial charge in [0.05, 0.1) is 11.9 Å². The van der Waals surface area contributed by atoms with Crippen LogP contribution in [-0.2, 0) is 17.6 Å². The van der Waals surface area contributed by atoms with Crippen molar-refractivity contribution in [3.63, 3.8) is 0 Å². The number of nitrogens with zero attached hydrogens (tertiary/aromatic N) is 5. The first kappa shape index (κ1) is 20.9. The maximum atomic E-state index is 13.3. The largest absolute Gasteiger partial charge is 0.428 e. The van der Waals surface area contributed by atoms with Crippen molar-refractivity contribution < 1.29 is 9.21 Å². The summed E-state index contributed by atoms with van der Waals surface area (Å²) in [5.41, 5.74) is 2.26. The first-order chi connectivity index (χ1) is 16.3. The highest BCUT2D eigenvalue weighted by Crippen LogP contribution is 2.37. The number of carbonyl (C=O) groups excluding carboxylic acids is 1. The Morgan fingerprint density at radius 2 is 1.79 bits per heavy atom. The molecule has 1 saturated carbocycles. The molecule has 6 rings (SSSR count). The first-order valence-corrected chi connectivity index (χ1v) is 12.9. The number of hydrogen-bond acceptors (Lipinski definition) is 7. The molecule has 176 valence electrons. The number of fused-ring (bicyclic) bond motifs is 1. The average molecular weight is 451 g/mol. The minimum Gasteiger partial charge on any atom is -0.428 e. The number of piperidine rings is 1. The Kier molecular flexibility index (Phi) is 5.68. The van der Waals surface area contributed by atoms with Gasteiger partial charge in [-0.3, -0.25) is 10.1 Å². The number of likely N-dealkylation sites (tertiary alicyclic amines) is 1. The summed E-state index contributed by atoms with van der Waals surface area (Å²) in [7, 11) is 0. The molecule has 1 N–H and O–H groups in total. The van der Waals surface area contributed by atoms with Gasteiger partial charge in [0.15, 0.2) is 0 Å². The molecule has 2 aliphatic heterocycles. The van der Waals surface area contributed by atoms with Crippen molar-refractivity contribution in [1.82, 2.24) is 19.9 Å². The zero-order chi connectivity index (χ0) is 22.2. The predicted octanol–water partition coefficient (Wildman–Crippen LogP) is 4.34. The molecular formula is C25H34N6O2. The van der Waals surface area contributed by atoms with Gasteiger partial charge in [-0.15, -0.1) is 0 Å². The summed E-state index contributed by atoms with van der Waals surface area (Å²) in [6.07, 6.45) is 15.1. The number of hydrogen-bond donors (Lipinski definition) is 1. The lowest BCUT2D eigenvalue weighted by atomic mass is 10.1. The molecule has 4 heterocycles. The molecular weight excluding hydrogens is 416 g/mol. The molecule has 2 saturated heterocycles. The maximum absolute atomic E-state index is 13.3. The van der Waals surface area contributed by atoms with Crippen LogP contribution in [0.5, 0.6) is 0 Å². The van der Waals surface area contributed by atoms with Crippen molar-refractivity contribution in [2.75, 3.05) is 29.9 Å². The molecule has 3 fully saturated rings. The van der Waals surface area contributed by atoms with Crippen molar-refractivity contribution in [3.05, 3.63) is 23.2 Å². The first-order valence-electron chi connectivity index (χ1n) is 12.9. The van der Waals surface area contributed by atoms with Crippen LogP contribution in [-0.4, -0.2) is 51.4 Å². The molecule has 8 heteroatoms. The van der Waals surface area contributed by atoms with Gasteiger partial charge in [0.1, 0.15) is 17.6 Å². The number of aromatic nitrogens is 3. The topological polar surface area (TPSA) is 87.4 Å². The third-order valence-corrected chi connectivity index (χ3v) is 7.89. The van der Waals surface area contributed by atoms with Crippen molar-refractivity contribution >= 4 is 23.7 Å². The van der Waals surface area contributed by atoms with Crippen LogP contribution in [0.15, 0.2) is 10.6 Å². The van der Waals surface area contributed by atoms with Crippen molar-refractivity contribution in [2.24, 2.45) is 0 Å². The molecule has 0 spiro atoms. The lowest BCUT2D eigenvalue weighted by molar-refractivity contribution is -0.133. The van der Waals surface area contributed by atoms with E-state index in [-0.39, 0.29) is 11.9 Å². The molecule has 0 bridgehead atoms. The second-order valence-electron chi connectivity index (χ2n) is 10.1. The molecule has 0 aromatic carbocycles. The molecule has 33 heavy (non-hydrogen) atoms. The molecule has 2 aromatic heterocycles. The van der Waals surface area contributed by atoms with Crippen LogP contribution in [0.25, 0.3) is 0 Å². The average Bonchev–Trinajstić information content (AvgIpc) is 3.65. The van der Waals surface area contributed by atoms with E-state index in [0.29, 0.717) is 17.9 Å². The van der Waals surface area contributed by atoms with E-state index in [0.717, 1.165) is 87.4 Å². The zero-order valence-electron chi connectivity index (χ0n) is 19.4. The minimum absolute atomic E-state index is 0.147. The number of nitrogens with one attached hydrogen (secondary N) is 1. The van der Waals surface area contributed by atoms with Gasteiger partial charge in [-0.1, -0.05) is 12.8 Å². The highest BCUT2D eigenvalue weighted by molar-refractivity contribution is 5.85. The second-order valence-corrected chi connectivity index (χ2v) is 10.1. The fraction of sp³-hybridized carbons (Fsp3) is 0.680. The molecule has 0 unspecified atom stereocenters. The van der Waals surface area contributed by atoms with E-state index in [9.17, 15) is 4.79 Å². The number of amides is 1. The van der Waals surface area contributed by atoms with Crippen LogP contribution in [0.1, 0.15) is 87.1 Å². The van der Waals surface area contributed by atoms with E-state index < -0.39 is 0 Å². The van der Waals surface area contributed by atoms with E-state index in [2.05, 4.69) is 20.1 Å². The summed E-state index contributed by atoms with van der Waals surface area (Å²) in [4.78, 5) is 31.9. The van der Waals surface area contributed by atoms with Gasteiger partial charge in [0, 0.05) is 31.1 Å². The van der Waals surface area contributed by atoms with Crippen LogP contribution in [0.2, 0.25) is 0 Å². The normalized spacial score (nSPS) is 23.3. The van der Waals surface area contributed by atoms with Gasteiger partial charge in [-0.25, -0.2) is 9.97 Å². The number of rotatable bonds is 5. The zero-order valence-corrected chi connectivity index (χ0v) is 19.4. The standard InChI is InChI=1S/C25H34N6O2/c32-23(30-13-4-1-5-14-30)20-12-7-15-31(20)24-27-19-11-6-10-18(19)22(28-24)29-25-26-16-21(33-25)17-8-2-3-9-17/h16-17,20H,1-15H2,(H,26,27,28,29)/t20-/m1/s1. The highest BCUT2D eigenvalue weighted by Gasteiger charge is 2.36. The molecule has 2 aromatic rings. The molecule has 1 amide bonds. The second kappa shape index (κ2) is 8.95. The Balaban J connectivity index is 1.25. The number of carbonyl (C=O) groups is 1. The van der Waals surface area contributed by atoms with Gasteiger partial charge in [-0.05, 0) is 64.2 Å². The predicted molar refractivity (Wildman–Crippen MR) is 126 cm³/mol. The minimum atomic E-state index is -0.147. The monoisotopic (exact) mass is 450 g/mol. The van der Waals surface area contributed by atoms with Crippen molar-refractivity contribution in [2.45, 2.75) is 89.0 Å². The Morgan fingerprint density at radius 1 is 0.939 bits per heavy atom. The van der Waals surface area contributed by atoms with Gasteiger partial charge in [-0.2, -0.15) is 4.98 Å². The molecule has 4 aliphatic rings. The van der Waals surface area contributed by atoms with Crippen LogP contribution in [0, 0.1) is 0 Å². The maximum Gasteiger partial charge on any atom is 0.300 e. The van der Waals surface area contributed by atoms with Crippen molar-refractivity contribution in [3.8, 4) is 0 Å². The van der Waals surface area contributed by atoms with Gasteiger partial charge in [0.2, 0.25) is 11.9 Å². The fourth-order valence-electron chi connectivity index (χ4n) is 6.08. The van der Waals surface area contributed by atoms with Gasteiger partial charge < -0.3 is 14.2 Å². The van der Waals surface area contributed by atoms with E-state index in [4.69, 9.17) is 14.4 Å². The number of anilines is 3. The molecule has 8 nitrogen and oxygen atoms in total. The van der Waals surface area contributed by atoms with E-state index in [1.807, 2.05) is 6.20 Å². The fourth-order valence-corrected chi connectivity index (χ4v) is 6.08. The summed E-state index contributed by atoms with van der Waals surface area (Å²) < 4.78 is 6.08. The van der Waals surface area contributed by atoms with Crippen molar-refractivity contribution in [1.29, 1.82) is 0 Å². The van der Waals surface area contributed by atoms with Crippen LogP contribution < -0.4 is 10.2 Å². The quantitative estimate of drug-likeness (QED) is 0.725. The van der Waals surface area contributed by atoms with E-state index >= 15 is 0 Å². The SMILES string of the molecule is O=C([C@H]1CCCN1c1nc2c(c(Nc3ncc(C4CCCC4)o3)n1)CCC2)N1CCCCC1. The summed E-state index contributed by atoms with van der Waals surface area (Å²) in [5, 5.41) is 3.37. The third kappa shape index (κ3) is 4.08. The van der Waals surface area contributed by atoms with Gasteiger partial charge >= 0.3 is 6.01 Å². The third-order valence-electron chi connectivity index (χ3n) is 7.89. The Hall–Kier alpha value is -2.64. The lowest BCUT2D eigenvalue weighted by Crippen LogP contribution is -2.48. The van der Waals surface area contributed by atoms with Crippen LogP contribution in [0.3, 0.4) is 0 Å². The summed E-state index contributed by atoms with van der Waals surface area (Å²) in [6.45, 7) is 2.59. The Bertz CT molecular complexity index is 1010.